The van der Waals surface area contributed by atoms with Gasteiger partial charge in [-0.05, 0) is 17.7 Å². The summed E-state index contributed by atoms with van der Waals surface area (Å²) in [6.45, 7) is -0.138. The van der Waals surface area contributed by atoms with Crippen molar-refractivity contribution >= 4 is 5.91 Å². The maximum atomic E-state index is 11.9. The first kappa shape index (κ1) is 12.3. The highest BCUT2D eigenvalue weighted by molar-refractivity contribution is 5.94. The van der Waals surface area contributed by atoms with E-state index in [0.29, 0.717) is 5.56 Å². The number of aliphatic hydroxyl groups is 1. The number of benzene rings is 1. The molecule has 1 atom stereocenters. The molecule has 0 spiro atoms. The van der Waals surface area contributed by atoms with Gasteiger partial charge in [-0.25, -0.2) is 0 Å². The fourth-order valence-corrected chi connectivity index (χ4v) is 1.66. The van der Waals surface area contributed by atoms with Gasteiger partial charge in [0.25, 0.3) is 5.91 Å². The third kappa shape index (κ3) is 2.93. The van der Waals surface area contributed by atoms with Crippen molar-refractivity contribution < 1.29 is 9.90 Å². The molecule has 0 aliphatic carbocycles. The summed E-state index contributed by atoms with van der Waals surface area (Å²) in [4.78, 5) is 15.8. The van der Waals surface area contributed by atoms with E-state index in [1.165, 1.54) is 0 Å². The van der Waals surface area contributed by atoms with E-state index in [4.69, 9.17) is 0 Å². The third-order valence-electron chi connectivity index (χ3n) is 2.63. The fraction of sp³-hybridized carbons (Fsp3) is 0.143. The molecule has 2 N–H and O–H groups in total. The van der Waals surface area contributed by atoms with Crippen molar-refractivity contribution in [2.24, 2.45) is 0 Å². The number of hydrogen-bond acceptors (Lipinski definition) is 3. The summed E-state index contributed by atoms with van der Waals surface area (Å²) < 4.78 is 0. The Hall–Kier alpha value is -2.20. The lowest BCUT2D eigenvalue weighted by Gasteiger charge is -2.16. The van der Waals surface area contributed by atoms with Gasteiger partial charge in [0, 0.05) is 18.0 Å². The van der Waals surface area contributed by atoms with Crippen molar-refractivity contribution in [3.63, 3.8) is 0 Å². The SMILES string of the molecule is O=C(N[C@H](CO)c1ccccc1)c1ccncc1. The van der Waals surface area contributed by atoms with Crippen LogP contribution in [0.15, 0.2) is 54.9 Å². The highest BCUT2D eigenvalue weighted by atomic mass is 16.3. The molecule has 1 heterocycles. The van der Waals surface area contributed by atoms with E-state index in [0.717, 1.165) is 5.56 Å². The Balaban J connectivity index is 2.10. The largest absolute Gasteiger partial charge is 0.394 e. The Morgan fingerprint density at radius 2 is 1.83 bits per heavy atom. The molecule has 0 radical (unpaired) electrons. The molecule has 1 aromatic heterocycles. The molecule has 0 saturated carbocycles. The zero-order valence-corrected chi connectivity index (χ0v) is 9.78. The molecule has 0 bridgehead atoms. The van der Waals surface area contributed by atoms with Crippen LogP contribution >= 0.6 is 0 Å². The average molecular weight is 242 g/mol. The van der Waals surface area contributed by atoms with E-state index in [1.54, 1.807) is 24.5 Å². The van der Waals surface area contributed by atoms with Crippen LogP contribution in [0.25, 0.3) is 0 Å². The van der Waals surface area contributed by atoms with E-state index < -0.39 is 6.04 Å². The van der Waals surface area contributed by atoms with E-state index in [-0.39, 0.29) is 12.5 Å². The van der Waals surface area contributed by atoms with Crippen LogP contribution in [0.2, 0.25) is 0 Å². The summed E-state index contributed by atoms with van der Waals surface area (Å²) in [5, 5.41) is 12.1. The molecule has 0 fully saturated rings. The van der Waals surface area contributed by atoms with Crippen molar-refractivity contribution in [3.8, 4) is 0 Å². The fourth-order valence-electron chi connectivity index (χ4n) is 1.66. The van der Waals surface area contributed by atoms with Crippen LogP contribution in [-0.4, -0.2) is 22.6 Å². The van der Waals surface area contributed by atoms with Crippen molar-refractivity contribution in [2.45, 2.75) is 6.04 Å². The molecule has 4 heteroatoms. The lowest BCUT2D eigenvalue weighted by Crippen LogP contribution is -2.30. The first-order valence-electron chi connectivity index (χ1n) is 5.68. The number of carbonyl (C=O) groups is 1. The van der Waals surface area contributed by atoms with Crippen LogP contribution in [0.5, 0.6) is 0 Å². The molecule has 0 unspecified atom stereocenters. The number of pyridine rings is 1. The number of nitrogens with zero attached hydrogens (tertiary/aromatic N) is 1. The summed E-state index contributed by atoms with van der Waals surface area (Å²) >= 11 is 0. The standard InChI is InChI=1S/C14H14N2O2/c17-10-13(11-4-2-1-3-5-11)16-14(18)12-6-8-15-9-7-12/h1-9,13,17H,10H2,(H,16,18)/t13-/m1/s1. The maximum Gasteiger partial charge on any atom is 0.251 e. The van der Waals surface area contributed by atoms with Crippen LogP contribution in [0.3, 0.4) is 0 Å². The summed E-state index contributed by atoms with van der Waals surface area (Å²) in [5.74, 6) is -0.222. The van der Waals surface area contributed by atoms with E-state index >= 15 is 0 Å². The number of rotatable bonds is 4. The quantitative estimate of drug-likeness (QED) is 0.855. The molecule has 0 aliphatic heterocycles. The number of aliphatic hydroxyl groups excluding tert-OH is 1. The first-order chi connectivity index (χ1) is 8.81. The topological polar surface area (TPSA) is 62.2 Å². The second-order valence-electron chi connectivity index (χ2n) is 3.86. The predicted molar refractivity (Wildman–Crippen MR) is 68.0 cm³/mol. The zero-order chi connectivity index (χ0) is 12.8. The smallest absolute Gasteiger partial charge is 0.251 e. The van der Waals surface area contributed by atoms with Gasteiger partial charge in [-0.2, -0.15) is 0 Å². The maximum absolute atomic E-state index is 11.9. The Bertz CT molecular complexity index is 500. The van der Waals surface area contributed by atoms with E-state index in [2.05, 4.69) is 10.3 Å². The predicted octanol–water partition coefficient (Wildman–Crippen LogP) is 1.55. The number of carbonyl (C=O) groups excluding carboxylic acids is 1. The Morgan fingerprint density at radius 1 is 1.17 bits per heavy atom. The summed E-state index contributed by atoms with van der Waals surface area (Å²) in [7, 11) is 0. The van der Waals surface area contributed by atoms with Gasteiger partial charge in [0.15, 0.2) is 0 Å². The van der Waals surface area contributed by atoms with Gasteiger partial charge < -0.3 is 10.4 Å². The van der Waals surface area contributed by atoms with Crippen molar-refractivity contribution in [2.75, 3.05) is 6.61 Å². The molecule has 2 rings (SSSR count). The molecule has 18 heavy (non-hydrogen) atoms. The second-order valence-corrected chi connectivity index (χ2v) is 3.86. The summed E-state index contributed by atoms with van der Waals surface area (Å²) in [6.07, 6.45) is 3.12. The van der Waals surface area contributed by atoms with Gasteiger partial charge in [-0.3, -0.25) is 9.78 Å². The second kappa shape index (κ2) is 5.93. The van der Waals surface area contributed by atoms with Crippen LogP contribution in [0.4, 0.5) is 0 Å². The zero-order valence-electron chi connectivity index (χ0n) is 9.78. The van der Waals surface area contributed by atoms with Crippen molar-refractivity contribution in [1.29, 1.82) is 0 Å². The van der Waals surface area contributed by atoms with Gasteiger partial charge >= 0.3 is 0 Å². The minimum atomic E-state index is -0.396. The highest BCUT2D eigenvalue weighted by Gasteiger charge is 2.14. The van der Waals surface area contributed by atoms with Crippen LogP contribution in [-0.2, 0) is 0 Å². The molecule has 92 valence electrons. The highest BCUT2D eigenvalue weighted by Crippen LogP contribution is 2.12. The van der Waals surface area contributed by atoms with Crippen LogP contribution in [0, 0.1) is 0 Å². The lowest BCUT2D eigenvalue weighted by molar-refractivity contribution is 0.0916. The van der Waals surface area contributed by atoms with Gasteiger partial charge in [0.05, 0.1) is 12.6 Å². The van der Waals surface area contributed by atoms with Gasteiger partial charge in [-0.15, -0.1) is 0 Å². The molecule has 0 aliphatic rings. The third-order valence-corrected chi connectivity index (χ3v) is 2.63. The number of aromatic nitrogens is 1. The van der Waals surface area contributed by atoms with Gasteiger partial charge in [0.1, 0.15) is 0 Å². The number of nitrogens with one attached hydrogen (secondary N) is 1. The molecular weight excluding hydrogens is 228 g/mol. The summed E-state index contributed by atoms with van der Waals surface area (Å²) in [6, 6.07) is 12.2. The summed E-state index contributed by atoms with van der Waals surface area (Å²) in [5.41, 5.74) is 1.40. The molecule has 4 nitrogen and oxygen atoms in total. The van der Waals surface area contributed by atoms with Crippen LogP contribution < -0.4 is 5.32 Å². The molecule has 2 aromatic rings. The molecule has 1 aromatic carbocycles. The van der Waals surface area contributed by atoms with Crippen LogP contribution in [0.1, 0.15) is 22.0 Å². The first-order valence-corrected chi connectivity index (χ1v) is 5.68. The molecule has 0 saturated heterocycles. The van der Waals surface area contributed by atoms with Crippen molar-refractivity contribution in [3.05, 3.63) is 66.0 Å². The monoisotopic (exact) mass is 242 g/mol. The molecule has 1 amide bonds. The van der Waals surface area contributed by atoms with Gasteiger partial charge in [0.2, 0.25) is 0 Å². The normalized spacial score (nSPS) is 11.8. The molecular formula is C14H14N2O2. The number of hydrogen-bond donors (Lipinski definition) is 2. The minimum absolute atomic E-state index is 0.138. The Labute approximate surface area is 105 Å². The Morgan fingerprint density at radius 3 is 2.44 bits per heavy atom. The lowest BCUT2D eigenvalue weighted by atomic mass is 10.1. The minimum Gasteiger partial charge on any atom is -0.394 e. The average Bonchev–Trinajstić information content (AvgIpc) is 2.46. The van der Waals surface area contributed by atoms with E-state index in [9.17, 15) is 9.90 Å². The number of amides is 1. The van der Waals surface area contributed by atoms with Crippen molar-refractivity contribution in [1.82, 2.24) is 10.3 Å². The van der Waals surface area contributed by atoms with Gasteiger partial charge in [-0.1, -0.05) is 30.3 Å². The Kier molecular flexibility index (Phi) is 4.04. The van der Waals surface area contributed by atoms with E-state index in [1.807, 2.05) is 30.3 Å².